The van der Waals surface area contributed by atoms with Crippen LogP contribution in [0.1, 0.15) is 36.7 Å². The Kier molecular flexibility index (Phi) is 4.80. The molecule has 0 aliphatic rings. The summed E-state index contributed by atoms with van der Waals surface area (Å²) in [7, 11) is 0. The number of hydrogen-bond donors (Lipinski definition) is 3. The molecule has 0 bridgehead atoms. The fourth-order valence-corrected chi connectivity index (χ4v) is 2.27. The van der Waals surface area contributed by atoms with Crippen molar-refractivity contribution in [3.05, 3.63) is 39.6 Å². The topological polar surface area (TPSA) is 75.9 Å². The van der Waals surface area contributed by atoms with Crippen LogP contribution in [0.3, 0.4) is 0 Å². The SMILES string of the molecule is Cc1ccc(Br)cc1Nc1nc(C(C)C)nc(NN)c1C. The van der Waals surface area contributed by atoms with Crippen LogP contribution >= 0.6 is 15.9 Å². The van der Waals surface area contributed by atoms with Crippen LogP contribution in [-0.2, 0) is 0 Å². The highest BCUT2D eigenvalue weighted by molar-refractivity contribution is 9.10. The summed E-state index contributed by atoms with van der Waals surface area (Å²) in [6.45, 7) is 8.10. The first kappa shape index (κ1) is 15.7. The van der Waals surface area contributed by atoms with Crippen molar-refractivity contribution in [3.63, 3.8) is 0 Å². The van der Waals surface area contributed by atoms with Gasteiger partial charge in [0.2, 0.25) is 0 Å². The molecule has 0 fully saturated rings. The van der Waals surface area contributed by atoms with E-state index in [1.165, 1.54) is 0 Å². The zero-order valence-electron chi connectivity index (χ0n) is 12.7. The Bertz CT molecular complexity index is 655. The number of nitrogen functional groups attached to an aromatic ring is 1. The van der Waals surface area contributed by atoms with Gasteiger partial charge in [-0.25, -0.2) is 15.8 Å². The molecule has 21 heavy (non-hydrogen) atoms. The van der Waals surface area contributed by atoms with Crippen LogP contribution in [0.25, 0.3) is 0 Å². The molecule has 1 aromatic heterocycles. The molecule has 0 unspecified atom stereocenters. The Morgan fingerprint density at radius 1 is 1.14 bits per heavy atom. The molecule has 0 radical (unpaired) electrons. The van der Waals surface area contributed by atoms with Gasteiger partial charge in [0.25, 0.3) is 0 Å². The van der Waals surface area contributed by atoms with Crippen LogP contribution in [0.4, 0.5) is 17.3 Å². The van der Waals surface area contributed by atoms with Gasteiger partial charge in [0, 0.05) is 21.6 Å². The largest absolute Gasteiger partial charge is 0.340 e. The second kappa shape index (κ2) is 6.41. The maximum Gasteiger partial charge on any atom is 0.148 e. The van der Waals surface area contributed by atoms with Crippen molar-refractivity contribution in [1.29, 1.82) is 0 Å². The third-order valence-corrected chi connectivity index (χ3v) is 3.76. The number of rotatable bonds is 4. The van der Waals surface area contributed by atoms with E-state index in [1.807, 2.05) is 25.1 Å². The molecule has 0 atom stereocenters. The highest BCUT2D eigenvalue weighted by atomic mass is 79.9. The number of aryl methyl sites for hydroxylation is 1. The number of hydrazine groups is 1. The number of nitrogens with two attached hydrogens (primary N) is 1. The van der Waals surface area contributed by atoms with E-state index in [9.17, 15) is 0 Å². The molecule has 5 nitrogen and oxygen atoms in total. The fourth-order valence-electron chi connectivity index (χ4n) is 1.91. The van der Waals surface area contributed by atoms with Gasteiger partial charge in [-0.15, -0.1) is 0 Å². The van der Waals surface area contributed by atoms with Crippen LogP contribution in [-0.4, -0.2) is 9.97 Å². The molecule has 6 heteroatoms. The zero-order chi connectivity index (χ0) is 15.6. The monoisotopic (exact) mass is 349 g/mol. The summed E-state index contributed by atoms with van der Waals surface area (Å²) >= 11 is 3.49. The second-order valence-corrected chi connectivity index (χ2v) is 6.20. The number of benzene rings is 1. The fraction of sp³-hybridized carbons (Fsp3) is 0.333. The average Bonchev–Trinajstić information content (AvgIpc) is 2.44. The van der Waals surface area contributed by atoms with Crippen molar-refractivity contribution in [2.24, 2.45) is 5.84 Å². The Morgan fingerprint density at radius 2 is 1.81 bits per heavy atom. The van der Waals surface area contributed by atoms with Gasteiger partial charge in [-0.3, -0.25) is 0 Å². The molecule has 0 amide bonds. The van der Waals surface area contributed by atoms with Gasteiger partial charge in [0.1, 0.15) is 17.5 Å². The number of anilines is 3. The Hall–Kier alpha value is -1.66. The van der Waals surface area contributed by atoms with E-state index >= 15 is 0 Å². The highest BCUT2D eigenvalue weighted by Crippen LogP contribution is 2.28. The molecular formula is C15H20BrN5. The minimum Gasteiger partial charge on any atom is -0.340 e. The standard InChI is InChI=1S/C15H20BrN5/c1-8(2)13-19-14(10(4)15(20-13)21-17)18-12-7-11(16)6-5-9(12)3/h5-8H,17H2,1-4H3,(H2,18,19,20,21). The Balaban J connectivity index is 2.47. The predicted molar refractivity (Wildman–Crippen MR) is 90.8 cm³/mol. The van der Waals surface area contributed by atoms with Crippen LogP contribution in [0, 0.1) is 13.8 Å². The molecule has 0 aliphatic heterocycles. The van der Waals surface area contributed by atoms with Crippen molar-refractivity contribution in [1.82, 2.24) is 9.97 Å². The molecule has 2 rings (SSSR count). The first-order valence-electron chi connectivity index (χ1n) is 6.80. The smallest absolute Gasteiger partial charge is 0.148 e. The summed E-state index contributed by atoms with van der Waals surface area (Å²) in [5, 5.41) is 3.37. The number of aromatic nitrogens is 2. The van der Waals surface area contributed by atoms with Gasteiger partial charge in [-0.05, 0) is 31.5 Å². The van der Waals surface area contributed by atoms with Crippen molar-refractivity contribution >= 4 is 33.3 Å². The minimum atomic E-state index is 0.224. The number of halogens is 1. The molecule has 0 saturated heterocycles. The molecule has 1 aromatic carbocycles. The lowest BCUT2D eigenvalue weighted by Crippen LogP contribution is -2.14. The maximum atomic E-state index is 5.56. The molecular weight excluding hydrogens is 330 g/mol. The molecule has 0 aliphatic carbocycles. The third-order valence-electron chi connectivity index (χ3n) is 3.27. The van der Waals surface area contributed by atoms with Crippen LogP contribution in [0.15, 0.2) is 22.7 Å². The summed E-state index contributed by atoms with van der Waals surface area (Å²) < 4.78 is 1.02. The molecule has 0 saturated carbocycles. The number of nitrogens with zero attached hydrogens (tertiary/aromatic N) is 2. The van der Waals surface area contributed by atoms with Gasteiger partial charge in [0.05, 0.1) is 0 Å². The molecule has 2 aromatic rings. The number of nitrogens with one attached hydrogen (secondary N) is 2. The van der Waals surface area contributed by atoms with Gasteiger partial charge in [-0.1, -0.05) is 35.8 Å². The van der Waals surface area contributed by atoms with Crippen molar-refractivity contribution in [2.45, 2.75) is 33.6 Å². The van der Waals surface area contributed by atoms with Gasteiger partial charge in [-0.2, -0.15) is 0 Å². The van der Waals surface area contributed by atoms with E-state index in [0.717, 1.165) is 32.9 Å². The summed E-state index contributed by atoms with van der Waals surface area (Å²) in [6, 6.07) is 6.09. The lowest BCUT2D eigenvalue weighted by Gasteiger charge is -2.16. The minimum absolute atomic E-state index is 0.224. The summed E-state index contributed by atoms with van der Waals surface area (Å²) in [6.07, 6.45) is 0. The first-order chi connectivity index (χ1) is 9.92. The average molecular weight is 350 g/mol. The Morgan fingerprint density at radius 3 is 2.43 bits per heavy atom. The molecule has 1 heterocycles. The predicted octanol–water partition coefficient (Wildman–Crippen LogP) is 4.01. The lowest BCUT2D eigenvalue weighted by atomic mass is 10.1. The van der Waals surface area contributed by atoms with Crippen LogP contribution in [0.2, 0.25) is 0 Å². The molecule has 0 spiro atoms. The van der Waals surface area contributed by atoms with E-state index in [1.54, 1.807) is 0 Å². The van der Waals surface area contributed by atoms with E-state index < -0.39 is 0 Å². The van der Waals surface area contributed by atoms with Crippen molar-refractivity contribution in [2.75, 3.05) is 10.7 Å². The molecule has 112 valence electrons. The van der Waals surface area contributed by atoms with Gasteiger partial charge >= 0.3 is 0 Å². The summed E-state index contributed by atoms with van der Waals surface area (Å²) in [4.78, 5) is 9.05. The lowest BCUT2D eigenvalue weighted by molar-refractivity contribution is 0.774. The maximum absolute atomic E-state index is 5.56. The quantitative estimate of drug-likeness (QED) is 0.574. The molecule has 4 N–H and O–H groups in total. The first-order valence-corrected chi connectivity index (χ1v) is 7.60. The summed E-state index contributed by atoms with van der Waals surface area (Å²) in [5.74, 6) is 7.95. The van der Waals surface area contributed by atoms with E-state index in [-0.39, 0.29) is 5.92 Å². The van der Waals surface area contributed by atoms with Crippen molar-refractivity contribution < 1.29 is 0 Å². The normalized spacial score (nSPS) is 10.8. The van der Waals surface area contributed by atoms with Gasteiger partial charge in [0.15, 0.2) is 0 Å². The zero-order valence-corrected chi connectivity index (χ0v) is 14.2. The third kappa shape index (κ3) is 3.51. The van der Waals surface area contributed by atoms with Crippen molar-refractivity contribution in [3.8, 4) is 0 Å². The highest BCUT2D eigenvalue weighted by Gasteiger charge is 2.13. The van der Waals surface area contributed by atoms with Gasteiger partial charge < -0.3 is 10.7 Å². The van der Waals surface area contributed by atoms with E-state index in [4.69, 9.17) is 5.84 Å². The van der Waals surface area contributed by atoms with E-state index in [2.05, 4.69) is 57.4 Å². The Labute approximate surface area is 133 Å². The number of hydrogen-bond acceptors (Lipinski definition) is 5. The van der Waals surface area contributed by atoms with Crippen LogP contribution in [0.5, 0.6) is 0 Å². The van der Waals surface area contributed by atoms with E-state index in [0.29, 0.717) is 5.82 Å². The summed E-state index contributed by atoms with van der Waals surface area (Å²) in [5.41, 5.74) is 5.68. The second-order valence-electron chi connectivity index (χ2n) is 5.29. The van der Waals surface area contributed by atoms with Crippen LogP contribution < -0.4 is 16.6 Å².